The van der Waals surface area contributed by atoms with Gasteiger partial charge in [-0.25, -0.2) is 8.42 Å². The second-order valence-corrected chi connectivity index (χ2v) is 8.48. The van der Waals surface area contributed by atoms with Crippen molar-refractivity contribution in [2.24, 2.45) is 0 Å². The standard InChI is InChI=1S/C20H24N2O5S/c1-15-12-16(14-23)4-6-18(15)21-8-10-22(11-9-21)28(24,25)20-13-17(26-2)5-7-19(20)27-3/h4-7,12-14H,8-11H2,1-3H3. The van der Waals surface area contributed by atoms with Crippen molar-refractivity contribution in [3.05, 3.63) is 47.5 Å². The van der Waals surface area contributed by atoms with Gasteiger partial charge in [-0.2, -0.15) is 4.31 Å². The van der Waals surface area contributed by atoms with Crippen LogP contribution in [0, 0.1) is 6.92 Å². The lowest BCUT2D eigenvalue weighted by molar-refractivity contribution is 0.112. The van der Waals surface area contributed by atoms with Crippen molar-refractivity contribution in [3.63, 3.8) is 0 Å². The van der Waals surface area contributed by atoms with Crippen molar-refractivity contribution in [3.8, 4) is 11.5 Å². The van der Waals surface area contributed by atoms with Gasteiger partial charge in [-0.3, -0.25) is 4.79 Å². The highest BCUT2D eigenvalue weighted by atomic mass is 32.2. The van der Waals surface area contributed by atoms with Crippen LogP contribution in [0.5, 0.6) is 11.5 Å². The number of aldehydes is 1. The number of aryl methyl sites for hydroxylation is 1. The van der Waals surface area contributed by atoms with E-state index in [0.717, 1.165) is 17.5 Å². The van der Waals surface area contributed by atoms with Crippen molar-refractivity contribution in [2.75, 3.05) is 45.3 Å². The quantitative estimate of drug-likeness (QED) is 0.688. The molecule has 8 heteroatoms. The minimum Gasteiger partial charge on any atom is -0.497 e. The molecule has 0 saturated carbocycles. The summed E-state index contributed by atoms with van der Waals surface area (Å²) < 4.78 is 38.2. The zero-order valence-corrected chi connectivity index (χ0v) is 17.0. The molecule has 3 rings (SSSR count). The van der Waals surface area contributed by atoms with E-state index in [9.17, 15) is 13.2 Å². The molecule has 0 aromatic heterocycles. The number of rotatable bonds is 6. The third kappa shape index (κ3) is 3.83. The van der Waals surface area contributed by atoms with E-state index in [4.69, 9.17) is 9.47 Å². The number of benzene rings is 2. The predicted molar refractivity (Wildman–Crippen MR) is 107 cm³/mol. The highest BCUT2D eigenvalue weighted by Gasteiger charge is 2.31. The normalized spacial score (nSPS) is 15.3. The molecule has 28 heavy (non-hydrogen) atoms. The van der Waals surface area contributed by atoms with Crippen LogP contribution in [-0.4, -0.2) is 59.4 Å². The number of sulfonamides is 1. The molecule has 1 heterocycles. The van der Waals surface area contributed by atoms with E-state index in [2.05, 4.69) is 4.90 Å². The Morgan fingerprint density at radius 2 is 1.68 bits per heavy atom. The van der Waals surface area contributed by atoms with E-state index in [1.165, 1.54) is 24.6 Å². The molecule has 0 unspecified atom stereocenters. The van der Waals surface area contributed by atoms with Crippen molar-refractivity contribution in [1.82, 2.24) is 4.31 Å². The summed E-state index contributed by atoms with van der Waals surface area (Å²) in [5, 5.41) is 0. The van der Waals surface area contributed by atoms with Crippen molar-refractivity contribution < 1.29 is 22.7 Å². The van der Waals surface area contributed by atoms with E-state index in [0.29, 0.717) is 43.2 Å². The summed E-state index contributed by atoms with van der Waals surface area (Å²) in [6, 6.07) is 10.3. The first-order chi connectivity index (χ1) is 13.4. The highest BCUT2D eigenvalue weighted by Crippen LogP contribution is 2.31. The Balaban J connectivity index is 1.80. The molecule has 7 nitrogen and oxygen atoms in total. The molecule has 2 aromatic carbocycles. The molecule has 1 aliphatic rings. The predicted octanol–water partition coefficient (Wildman–Crippen LogP) is 2.34. The number of hydrogen-bond donors (Lipinski definition) is 0. The SMILES string of the molecule is COc1ccc(OC)c(S(=O)(=O)N2CCN(c3ccc(C=O)cc3C)CC2)c1. The fourth-order valence-electron chi connectivity index (χ4n) is 3.40. The minimum atomic E-state index is -3.71. The Labute approximate surface area is 165 Å². The monoisotopic (exact) mass is 404 g/mol. The topological polar surface area (TPSA) is 76.2 Å². The lowest BCUT2D eigenvalue weighted by atomic mass is 10.1. The summed E-state index contributed by atoms with van der Waals surface area (Å²) in [6.45, 7) is 3.79. The van der Waals surface area contributed by atoms with Gasteiger partial charge in [-0.1, -0.05) is 0 Å². The summed E-state index contributed by atoms with van der Waals surface area (Å²) in [5.74, 6) is 0.757. The molecule has 0 radical (unpaired) electrons. The summed E-state index contributed by atoms with van der Waals surface area (Å²) in [6.07, 6.45) is 0.822. The number of nitrogens with zero attached hydrogens (tertiary/aromatic N) is 2. The number of hydrogen-bond acceptors (Lipinski definition) is 6. The number of ether oxygens (including phenoxy) is 2. The van der Waals surface area contributed by atoms with Gasteiger partial charge >= 0.3 is 0 Å². The van der Waals surface area contributed by atoms with Crippen LogP contribution in [-0.2, 0) is 10.0 Å². The van der Waals surface area contributed by atoms with Crippen LogP contribution in [0.25, 0.3) is 0 Å². The number of methoxy groups -OCH3 is 2. The molecule has 0 spiro atoms. The highest BCUT2D eigenvalue weighted by molar-refractivity contribution is 7.89. The lowest BCUT2D eigenvalue weighted by Gasteiger charge is -2.36. The molecular formula is C20H24N2O5S. The maximum Gasteiger partial charge on any atom is 0.247 e. The first-order valence-electron chi connectivity index (χ1n) is 8.93. The molecule has 2 aromatic rings. The third-order valence-corrected chi connectivity index (χ3v) is 6.84. The van der Waals surface area contributed by atoms with E-state index in [-0.39, 0.29) is 4.90 Å². The molecule has 1 fully saturated rings. The summed E-state index contributed by atoms with van der Waals surface area (Å²) in [5.41, 5.74) is 2.64. The lowest BCUT2D eigenvalue weighted by Crippen LogP contribution is -2.48. The molecule has 0 N–H and O–H groups in total. The average molecular weight is 404 g/mol. The van der Waals surface area contributed by atoms with Crippen molar-refractivity contribution in [1.29, 1.82) is 0 Å². The van der Waals surface area contributed by atoms with Gasteiger partial charge in [-0.05, 0) is 42.8 Å². The Kier molecular flexibility index (Phi) is 5.90. The smallest absolute Gasteiger partial charge is 0.247 e. The average Bonchev–Trinajstić information content (AvgIpc) is 2.73. The summed E-state index contributed by atoms with van der Waals surface area (Å²) in [4.78, 5) is 13.2. The summed E-state index contributed by atoms with van der Waals surface area (Å²) in [7, 11) is -0.764. The number of piperazine rings is 1. The zero-order chi connectivity index (χ0) is 20.3. The van der Waals surface area contributed by atoms with E-state index in [1.54, 1.807) is 18.2 Å². The van der Waals surface area contributed by atoms with E-state index in [1.807, 2.05) is 19.1 Å². The van der Waals surface area contributed by atoms with Gasteiger partial charge in [0.05, 0.1) is 14.2 Å². The minimum absolute atomic E-state index is 0.106. The van der Waals surface area contributed by atoms with Gasteiger partial charge in [0.2, 0.25) is 10.0 Å². The van der Waals surface area contributed by atoms with Gasteiger partial charge in [-0.15, -0.1) is 0 Å². The van der Waals surface area contributed by atoms with Gasteiger partial charge in [0.1, 0.15) is 22.7 Å². The zero-order valence-electron chi connectivity index (χ0n) is 16.2. The third-order valence-electron chi connectivity index (χ3n) is 4.92. The van der Waals surface area contributed by atoms with E-state index >= 15 is 0 Å². The van der Waals surface area contributed by atoms with Gasteiger partial charge in [0.15, 0.2) is 0 Å². The Bertz CT molecular complexity index is 967. The van der Waals surface area contributed by atoms with Gasteiger partial charge in [0, 0.05) is 43.5 Å². The van der Waals surface area contributed by atoms with Crippen LogP contribution in [0.3, 0.4) is 0 Å². The van der Waals surface area contributed by atoms with E-state index < -0.39 is 10.0 Å². The van der Waals surface area contributed by atoms with Crippen LogP contribution in [0.2, 0.25) is 0 Å². The van der Waals surface area contributed by atoms with Gasteiger partial charge in [0.25, 0.3) is 0 Å². The number of anilines is 1. The second-order valence-electron chi connectivity index (χ2n) is 6.57. The maximum absolute atomic E-state index is 13.2. The molecule has 0 atom stereocenters. The van der Waals surface area contributed by atoms with Crippen LogP contribution < -0.4 is 14.4 Å². The van der Waals surface area contributed by atoms with Crippen LogP contribution >= 0.6 is 0 Å². The Hall–Kier alpha value is -2.58. The largest absolute Gasteiger partial charge is 0.497 e. The Morgan fingerprint density at radius 1 is 0.964 bits per heavy atom. The fraction of sp³-hybridized carbons (Fsp3) is 0.350. The maximum atomic E-state index is 13.2. The number of carbonyl (C=O) groups is 1. The number of carbonyl (C=O) groups excluding carboxylic acids is 1. The molecule has 0 aliphatic carbocycles. The molecule has 1 aliphatic heterocycles. The van der Waals surface area contributed by atoms with Crippen LogP contribution in [0.4, 0.5) is 5.69 Å². The Morgan fingerprint density at radius 3 is 2.25 bits per heavy atom. The molecular weight excluding hydrogens is 380 g/mol. The molecule has 0 amide bonds. The molecule has 0 bridgehead atoms. The first kappa shape index (κ1) is 20.2. The van der Waals surface area contributed by atoms with Crippen LogP contribution in [0.1, 0.15) is 15.9 Å². The molecule has 150 valence electrons. The fourth-order valence-corrected chi connectivity index (χ4v) is 4.99. The van der Waals surface area contributed by atoms with Crippen LogP contribution in [0.15, 0.2) is 41.3 Å². The second kappa shape index (κ2) is 8.20. The van der Waals surface area contributed by atoms with Crippen molar-refractivity contribution in [2.45, 2.75) is 11.8 Å². The van der Waals surface area contributed by atoms with Crippen molar-refractivity contribution >= 4 is 22.0 Å². The van der Waals surface area contributed by atoms with Gasteiger partial charge < -0.3 is 14.4 Å². The first-order valence-corrected chi connectivity index (χ1v) is 10.4. The summed E-state index contributed by atoms with van der Waals surface area (Å²) >= 11 is 0. The molecule has 1 saturated heterocycles.